The van der Waals surface area contributed by atoms with Crippen molar-refractivity contribution in [2.75, 3.05) is 0 Å². The molecule has 2 aromatic carbocycles. The van der Waals surface area contributed by atoms with Crippen molar-refractivity contribution < 1.29 is 0 Å². The van der Waals surface area contributed by atoms with Crippen LogP contribution in [0.15, 0.2) is 85.0 Å². The second-order valence-corrected chi connectivity index (χ2v) is 5.49. The molecule has 0 heterocycles. The van der Waals surface area contributed by atoms with E-state index in [0.29, 0.717) is 11.8 Å². The molecule has 25 heavy (non-hydrogen) atoms. The van der Waals surface area contributed by atoms with Crippen molar-refractivity contribution in [1.29, 1.82) is 0 Å². The lowest BCUT2D eigenvalue weighted by Crippen LogP contribution is -1.88. The highest BCUT2D eigenvalue weighted by atomic mass is 14.0. The number of rotatable bonds is 6. The van der Waals surface area contributed by atoms with Crippen LogP contribution in [0, 0.1) is 0 Å². The molecule has 0 N–H and O–H groups in total. The Morgan fingerprint density at radius 3 is 1.24 bits per heavy atom. The van der Waals surface area contributed by atoms with E-state index in [-0.39, 0.29) is 0 Å². The second-order valence-electron chi connectivity index (χ2n) is 5.49. The van der Waals surface area contributed by atoms with Gasteiger partial charge in [-0.25, -0.2) is 0 Å². The van der Waals surface area contributed by atoms with E-state index >= 15 is 0 Å². The molecule has 0 aromatic heterocycles. The summed E-state index contributed by atoms with van der Waals surface area (Å²) < 4.78 is 0. The lowest BCUT2D eigenvalue weighted by atomic mass is 9.99. The van der Waals surface area contributed by atoms with E-state index in [1.165, 1.54) is 11.1 Å². The van der Waals surface area contributed by atoms with Crippen LogP contribution in [0.1, 0.15) is 70.9 Å². The third-order valence-corrected chi connectivity index (χ3v) is 3.77. The summed E-state index contributed by atoms with van der Waals surface area (Å²) in [5.74, 6) is 0.956. The van der Waals surface area contributed by atoms with Gasteiger partial charge in [0.25, 0.3) is 0 Å². The van der Waals surface area contributed by atoms with Crippen molar-refractivity contribution in [3.63, 3.8) is 0 Å². The maximum absolute atomic E-state index is 2.28. The highest BCUT2D eigenvalue weighted by Crippen LogP contribution is 2.17. The molecule has 0 saturated carbocycles. The van der Waals surface area contributed by atoms with Crippen molar-refractivity contribution in [3.8, 4) is 0 Å². The third-order valence-electron chi connectivity index (χ3n) is 3.77. The first-order valence-electron chi connectivity index (χ1n) is 9.70. The Morgan fingerprint density at radius 1 is 0.600 bits per heavy atom. The quantitative estimate of drug-likeness (QED) is 0.467. The topological polar surface area (TPSA) is 0 Å². The van der Waals surface area contributed by atoms with Crippen molar-refractivity contribution in [1.82, 2.24) is 0 Å². The monoisotopic (exact) mass is 336 g/mol. The van der Waals surface area contributed by atoms with Crippen LogP contribution in [0.3, 0.4) is 0 Å². The summed E-state index contributed by atoms with van der Waals surface area (Å²) in [6, 6.07) is 21.3. The smallest absolute Gasteiger partial charge is 0.00103 e. The zero-order valence-electron chi connectivity index (χ0n) is 16.9. The van der Waals surface area contributed by atoms with Gasteiger partial charge in [-0.15, -0.1) is 0 Å². The largest absolute Gasteiger partial charge is 0.0841 e. The molecule has 0 heteroatoms. The van der Waals surface area contributed by atoms with Gasteiger partial charge < -0.3 is 0 Å². The fraction of sp³-hybridized carbons (Fsp3) is 0.360. The van der Waals surface area contributed by atoms with Gasteiger partial charge in [-0.2, -0.15) is 0 Å². The minimum Gasteiger partial charge on any atom is -0.0841 e. The fourth-order valence-corrected chi connectivity index (χ4v) is 2.38. The van der Waals surface area contributed by atoms with Crippen LogP contribution < -0.4 is 0 Å². The van der Waals surface area contributed by atoms with E-state index in [9.17, 15) is 0 Å². The molecule has 2 rings (SSSR count). The highest BCUT2D eigenvalue weighted by Gasteiger charge is 1.99. The summed E-state index contributed by atoms with van der Waals surface area (Å²) in [5.41, 5.74) is 2.74. The average Bonchev–Trinajstić information content (AvgIpc) is 2.71. The summed E-state index contributed by atoms with van der Waals surface area (Å²) in [5, 5.41) is 0. The van der Waals surface area contributed by atoms with Crippen LogP contribution >= 0.6 is 0 Å². The predicted octanol–water partition coefficient (Wildman–Crippen LogP) is 8.15. The molecule has 0 radical (unpaired) electrons. The molecular formula is C25H36. The van der Waals surface area contributed by atoms with Crippen molar-refractivity contribution in [2.24, 2.45) is 0 Å². The Morgan fingerprint density at radius 2 is 0.920 bits per heavy atom. The standard InChI is InChI=1S/C21H24.2C2H6/c1-18(20-14-8-4-9-15-20)12-6-3-7-13-19(2)21-16-10-5-11-17-21;2*1-2/h4-19H,3H2,1-2H3;2*1-2H3/b12-6+,13-7+;;. The minimum absolute atomic E-state index is 0.478. The van der Waals surface area contributed by atoms with E-state index in [4.69, 9.17) is 0 Å². The number of allylic oxidation sites excluding steroid dienone is 4. The normalized spacial score (nSPS) is 12.7. The fourth-order valence-electron chi connectivity index (χ4n) is 2.38. The lowest BCUT2D eigenvalue weighted by Gasteiger charge is -2.06. The predicted molar refractivity (Wildman–Crippen MR) is 115 cm³/mol. The first kappa shape index (κ1) is 22.9. The van der Waals surface area contributed by atoms with Gasteiger partial charge in [-0.1, -0.05) is 127 Å². The summed E-state index contributed by atoms with van der Waals surface area (Å²) in [7, 11) is 0. The Balaban J connectivity index is 0.00000134. The SMILES string of the molecule is CC.CC.CC(/C=C/C/C=C/C(C)c1ccccc1)c1ccccc1. The number of benzene rings is 2. The maximum atomic E-state index is 2.28. The van der Waals surface area contributed by atoms with Gasteiger partial charge in [0.1, 0.15) is 0 Å². The molecular weight excluding hydrogens is 300 g/mol. The van der Waals surface area contributed by atoms with Crippen molar-refractivity contribution in [3.05, 3.63) is 96.1 Å². The first-order valence-corrected chi connectivity index (χ1v) is 9.70. The lowest BCUT2D eigenvalue weighted by molar-refractivity contribution is 0.952. The molecule has 136 valence electrons. The molecule has 0 bridgehead atoms. The van der Waals surface area contributed by atoms with Gasteiger partial charge >= 0.3 is 0 Å². The van der Waals surface area contributed by atoms with Gasteiger partial charge in [0, 0.05) is 0 Å². The Labute approximate surface area is 156 Å². The Kier molecular flexibility index (Phi) is 14.2. The molecule has 0 aliphatic heterocycles. The zero-order chi connectivity index (χ0) is 18.9. The van der Waals surface area contributed by atoms with Crippen LogP contribution in [0.25, 0.3) is 0 Å². The zero-order valence-corrected chi connectivity index (χ0v) is 16.9. The van der Waals surface area contributed by atoms with E-state index in [1.807, 2.05) is 27.7 Å². The van der Waals surface area contributed by atoms with Gasteiger partial charge in [-0.05, 0) is 29.4 Å². The number of hydrogen-bond donors (Lipinski definition) is 0. The van der Waals surface area contributed by atoms with E-state index in [1.54, 1.807) is 0 Å². The molecule has 0 saturated heterocycles. The van der Waals surface area contributed by atoms with Gasteiger partial charge in [0.15, 0.2) is 0 Å². The van der Waals surface area contributed by atoms with Gasteiger partial charge in [0.05, 0.1) is 0 Å². The van der Waals surface area contributed by atoms with Crippen LogP contribution in [-0.4, -0.2) is 0 Å². The summed E-state index contributed by atoms with van der Waals surface area (Å²) in [6.07, 6.45) is 10.1. The summed E-state index contributed by atoms with van der Waals surface area (Å²) >= 11 is 0. The number of hydrogen-bond acceptors (Lipinski definition) is 0. The highest BCUT2D eigenvalue weighted by molar-refractivity contribution is 5.24. The molecule has 2 unspecified atom stereocenters. The molecule has 0 nitrogen and oxygen atoms in total. The van der Waals surface area contributed by atoms with Crippen LogP contribution in [-0.2, 0) is 0 Å². The van der Waals surface area contributed by atoms with Gasteiger partial charge in [-0.3, -0.25) is 0 Å². The maximum Gasteiger partial charge on any atom is -0.00103 e. The van der Waals surface area contributed by atoms with E-state index in [2.05, 4.69) is 98.8 Å². The Bertz CT molecular complexity index is 510. The van der Waals surface area contributed by atoms with Crippen LogP contribution in [0.2, 0.25) is 0 Å². The molecule has 0 spiro atoms. The van der Waals surface area contributed by atoms with Crippen molar-refractivity contribution in [2.45, 2.75) is 59.8 Å². The average molecular weight is 337 g/mol. The summed E-state index contributed by atoms with van der Waals surface area (Å²) in [4.78, 5) is 0. The van der Waals surface area contributed by atoms with Crippen LogP contribution in [0.5, 0.6) is 0 Å². The molecule has 2 aromatic rings. The molecule has 0 aliphatic carbocycles. The second kappa shape index (κ2) is 15.4. The molecule has 0 aliphatic rings. The first-order chi connectivity index (χ1) is 12.3. The molecule has 0 fully saturated rings. The van der Waals surface area contributed by atoms with Crippen LogP contribution in [0.4, 0.5) is 0 Å². The molecule has 0 amide bonds. The van der Waals surface area contributed by atoms with E-state index < -0.39 is 0 Å². The summed E-state index contributed by atoms with van der Waals surface area (Å²) in [6.45, 7) is 12.5. The minimum atomic E-state index is 0.478. The van der Waals surface area contributed by atoms with Crippen molar-refractivity contribution >= 4 is 0 Å². The van der Waals surface area contributed by atoms with E-state index in [0.717, 1.165) is 6.42 Å². The molecule has 2 atom stereocenters. The van der Waals surface area contributed by atoms with Gasteiger partial charge in [0.2, 0.25) is 0 Å². The Hall–Kier alpha value is -2.08. The third kappa shape index (κ3) is 9.72.